The van der Waals surface area contributed by atoms with E-state index in [0.717, 1.165) is 5.56 Å². The van der Waals surface area contributed by atoms with Crippen LogP contribution in [-0.2, 0) is 22.7 Å². The van der Waals surface area contributed by atoms with E-state index in [4.69, 9.17) is 21.2 Å². The number of nitrogens with zero attached hydrogens (tertiary/aromatic N) is 3. The molecule has 2 aromatic carbocycles. The summed E-state index contributed by atoms with van der Waals surface area (Å²) in [5, 5.41) is 23.8. The van der Waals surface area contributed by atoms with Crippen LogP contribution in [-0.4, -0.2) is 50.4 Å². The molecule has 1 saturated carbocycles. The van der Waals surface area contributed by atoms with Crippen LogP contribution in [0.5, 0.6) is 0 Å². The second-order valence-electron chi connectivity index (χ2n) is 9.04. The minimum atomic E-state index is -3.74. The normalized spacial score (nSPS) is 18.9. The zero-order valence-corrected chi connectivity index (χ0v) is 18.8. The van der Waals surface area contributed by atoms with E-state index in [9.17, 15) is 9.90 Å². The van der Waals surface area contributed by atoms with Crippen molar-refractivity contribution in [2.75, 3.05) is 13.1 Å². The van der Waals surface area contributed by atoms with Gasteiger partial charge in [0, 0.05) is 35.6 Å². The minimum absolute atomic E-state index is 0.000318. The lowest BCUT2D eigenvalue weighted by Crippen LogP contribution is -2.49. The van der Waals surface area contributed by atoms with E-state index in [1.807, 2.05) is 17.0 Å². The summed E-state index contributed by atoms with van der Waals surface area (Å²) in [6.45, 7) is 1.60. The van der Waals surface area contributed by atoms with Gasteiger partial charge in [-0.05, 0) is 36.1 Å². The second kappa shape index (κ2) is 8.41. The predicted molar refractivity (Wildman–Crippen MR) is 118 cm³/mol. The Balaban J connectivity index is 1.28. The van der Waals surface area contributed by atoms with Crippen molar-refractivity contribution in [2.24, 2.45) is 5.92 Å². The number of carbonyl (C=O) groups is 1. The molecule has 0 spiro atoms. The summed E-state index contributed by atoms with van der Waals surface area (Å²) in [7, 11) is 0. The van der Waals surface area contributed by atoms with Crippen molar-refractivity contribution >= 4 is 17.6 Å². The largest absolute Gasteiger partial charge is 0.481 e. The van der Waals surface area contributed by atoms with E-state index >= 15 is 8.78 Å². The Morgan fingerprint density at radius 1 is 1.18 bits per heavy atom. The molecule has 1 aliphatic carbocycles. The van der Waals surface area contributed by atoms with E-state index in [-0.39, 0.29) is 11.7 Å². The highest BCUT2D eigenvalue weighted by molar-refractivity contribution is 6.30. The molecule has 1 aromatic heterocycles. The van der Waals surface area contributed by atoms with Gasteiger partial charge in [0.1, 0.15) is 6.10 Å². The van der Waals surface area contributed by atoms with Gasteiger partial charge < -0.3 is 14.7 Å². The van der Waals surface area contributed by atoms with Crippen LogP contribution in [0.1, 0.15) is 29.9 Å². The van der Waals surface area contributed by atoms with Crippen molar-refractivity contribution in [2.45, 2.75) is 36.8 Å². The molecular weight excluding hydrogens is 468 g/mol. The zero-order valence-electron chi connectivity index (χ0n) is 18.0. The fourth-order valence-corrected chi connectivity index (χ4v) is 4.58. The lowest BCUT2D eigenvalue weighted by molar-refractivity contribution is -0.148. The first kappa shape index (κ1) is 22.9. The van der Waals surface area contributed by atoms with Gasteiger partial charge in [-0.15, -0.1) is 0 Å². The molecule has 5 rings (SSSR count). The monoisotopic (exact) mass is 489 g/mol. The molecule has 0 bridgehead atoms. The number of hydrogen-bond donors (Lipinski definition) is 2. The van der Waals surface area contributed by atoms with Gasteiger partial charge in [-0.3, -0.25) is 9.69 Å². The topological polar surface area (TPSA) is 99.7 Å². The van der Waals surface area contributed by atoms with Crippen LogP contribution in [0, 0.1) is 5.92 Å². The summed E-state index contributed by atoms with van der Waals surface area (Å²) in [4.78, 5) is 16.8. The summed E-state index contributed by atoms with van der Waals surface area (Å²) >= 11 is 5.90. The van der Waals surface area contributed by atoms with Crippen LogP contribution < -0.4 is 0 Å². The molecule has 1 unspecified atom stereocenters. The maximum absolute atomic E-state index is 15.2. The molecule has 34 heavy (non-hydrogen) atoms. The van der Waals surface area contributed by atoms with Crippen LogP contribution in [0.3, 0.4) is 0 Å². The lowest BCUT2D eigenvalue weighted by Gasteiger charge is -2.36. The predicted octanol–water partition coefficient (Wildman–Crippen LogP) is 4.09. The van der Waals surface area contributed by atoms with Crippen LogP contribution >= 0.6 is 11.6 Å². The summed E-state index contributed by atoms with van der Waals surface area (Å²) in [5.74, 6) is -5.79. The van der Waals surface area contributed by atoms with Gasteiger partial charge in [0.15, 0.2) is 0 Å². The van der Waals surface area contributed by atoms with Gasteiger partial charge in [-0.1, -0.05) is 53.2 Å². The SMILES string of the molecule is O=C(O)C1CN(Cc2ccc(-c3noc(C(F)(F)C(O)C4(c5ccc(Cl)cc5)CC4)n3)cc2)C1. The number of aliphatic hydroxyl groups is 1. The highest BCUT2D eigenvalue weighted by Gasteiger charge is 2.62. The number of alkyl halides is 2. The Labute approximate surface area is 199 Å². The van der Waals surface area contributed by atoms with Crippen LogP contribution in [0.25, 0.3) is 11.4 Å². The van der Waals surface area contributed by atoms with E-state index in [0.29, 0.717) is 48.6 Å². The molecule has 0 radical (unpaired) electrons. The van der Waals surface area contributed by atoms with Crippen molar-refractivity contribution in [3.8, 4) is 11.4 Å². The first-order valence-electron chi connectivity index (χ1n) is 10.9. The highest BCUT2D eigenvalue weighted by atomic mass is 35.5. The number of benzene rings is 2. The van der Waals surface area contributed by atoms with Gasteiger partial charge in [0.2, 0.25) is 5.82 Å². The van der Waals surface area contributed by atoms with Gasteiger partial charge in [0.05, 0.1) is 5.92 Å². The summed E-state index contributed by atoms with van der Waals surface area (Å²) in [5.41, 5.74) is 0.961. The van der Waals surface area contributed by atoms with E-state index < -0.39 is 29.3 Å². The molecular formula is C24H22ClF2N3O4. The Kier molecular flexibility index (Phi) is 5.66. The first-order chi connectivity index (χ1) is 16.2. The van der Waals surface area contributed by atoms with Crippen LogP contribution in [0.2, 0.25) is 5.02 Å². The van der Waals surface area contributed by atoms with Crippen LogP contribution in [0.4, 0.5) is 8.78 Å². The van der Waals surface area contributed by atoms with Gasteiger partial charge in [-0.2, -0.15) is 13.8 Å². The number of aromatic nitrogens is 2. The Bertz CT molecular complexity index is 1190. The maximum Gasteiger partial charge on any atom is 0.351 e. The Morgan fingerprint density at radius 3 is 2.41 bits per heavy atom. The maximum atomic E-state index is 15.2. The highest BCUT2D eigenvalue weighted by Crippen LogP contribution is 2.56. The van der Waals surface area contributed by atoms with Crippen molar-refractivity contribution in [3.05, 3.63) is 70.6 Å². The third-order valence-corrected chi connectivity index (χ3v) is 6.96. The standard InChI is InChI=1S/C24H22ClF2N3O4/c25-18-7-5-17(6-8-18)23(9-10-23)21(33)24(26,27)22-28-19(29-34-22)15-3-1-14(2-4-15)11-30-12-16(13-30)20(31)32/h1-8,16,21,33H,9-13H2,(H,31,32). The quantitative estimate of drug-likeness (QED) is 0.491. The van der Waals surface area contributed by atoms with Gasteiger partial charge >= 0.3 is 11.9 Å². The number of hydrogen-bond acceptors (Lipinski definition) is 6. The molecule has 1 saturated heterocycles. The number of halogens is 3. The van der Waals surface area contributed by atoms with E-state index in [2.05, 4.69) is 10.1 Å². The van der Waals surface area contributed by atoms with Crippen molar-refractivity contribution in [1.29, 1.82) is 0 Å². The number of aliphatic carboxylic acids is 1. The summed E-state index contributed by atoms with van der Waals surface area (Å²) < 4.78 is 35.3. The third-order valence-electron chi connectivity index (χ3n) is 6.71. The number of aliphatic hydroxyl groups excluding tert-OH is 1. The average Bonchev–Trinajstić information content (AvgIpc) is 3.43. The molecule has 178 valence electrons. The Hall–Kier alpha value is -2.88. The molecule has 7 nitrogen and oxygen atoms in total. The van der Waals surface area contributed by atoms with E-state index in [1.54, 1.807) is 36.4 Å². The number of likely N-dealkylation sites (tertiary alicyclic amines) is 1. The number of carboxylic acids is 1. The number of rotatable bonds is 8. The molecule has 1 atom stereocenters. The molecule has 2 aliphatic rings. The second-order valence-corrected chi connectivity index (χ2v) is 9.47. The molecule has 2 heterocycles. The molecule has 0 amide bonds. The Morgan fingerprint density at radius 2 is 1.82 bits per heavy atom. The third kappa shape index (κ3) is 4.08. The van der Waals surface area contributed by atoms with Crippen molar-refractivity contribution < 1.29 is 28.3 Å². The van der Waals surface area contributed by atoms with Gasteiger partial charge in [-0.25, -0.2) is 0 Å². The fourth-order valence-electron chi connectivity index (χ4n) is 4.45. The molecule has 1 aliphatic heterocycles. The first-order valence-corrected chi connectivity index (χ1v) is 11.3. The fraction of sp³-hybridized carbons (Fsp3) is 0.375. The number of carboxylic acid groups (broad SMARTS) is 1. The summed E-state index contributed by atoms with van der Waals surface area (Å²) in [6, 6.07) is 13.5. The van der Waals surface area contributed by atoms with E-state index in [1.165, 1.54) is 0 Å². The average molecular weight is 490 g/mol. The van der Waals surface area contributed by atoms with Gasteiger partial charge in [0.25, 0.3) is 5.89 Å². The summed E-state index contributed by atoms with van der Waals surface area (Å²) in [6.07, 6.45) is -1.20. The molecule has 3 aromatic rings. The minimum Gasteiger partial charge on any atom is -0.481 e. The van der Waals surface area contributed by atoms with Crippen molar-refractivity contribution in [3.63, 3.8) is 0 Å². The molecule has 2 fully saturated rings. The van der Waals surface area contributed by atoms with Crippen LogP contribution in [0.15, 0.2) is 53.1 Å². The molecule has 10 heteroatoms. The smallest absolute Gasteiger partial charge is 0.351 e. The van der Waals surface area contributed by atoms with Crippen molar-refractivity contribution in [1.82, 2.24) is 15.0 Å². The lowest BCUT2D eigenvalue weighted by atomic mass is 9.86. The molecule has 2 N–H and O–H groups in total. The zero-order chi connectivity index (χ0) is 24.1.